The average molecular weight is 362 g/mol. The van der Waals surface area contributed by atoms with E-state index >= 15 is 0 Å². The van der Waals surface area contributed by atoms with E-state index in [2.05, 4.69) is 43.8 Å². The summed E-state index contributed by atoms with van der Waals surface area (Å²) in [7, 11) is 0. The Labute approximate surface area is 118 Å². The zero-order valence-electron chi connectivity index (χ0n) is 9.57. The molecule has 2 unspecified atom stereocenters. The van der Waals surface area contributed by atoms with Crippen LogP contribution in [0.3, 0.4) is 0 Å². The number of carbonyl (C=O) groups excluding carboxylic acids is 1. The molecule has 2 heterocycles. The van der Waals surface area contributed by atoms with Crippen LogP contribution >= 0.6 is 31.9 Å². The predicted octanol–water partition coefficient (Wildman–Crippen LogP) is 3.09. The molecule has 1 aliphatic heterocycles. The van der Waals surface area contributed by atoms with Crippen LogP contribution in [0, 0.1) is 5.92 Å². The van der Waals surface area contributed by atoms with Crippen molar-refractivity contribution in [3.8, 4) is 0 Å². The summed E-state index contributed by atoms with van der Waals surface area (Å²) in [6.45, 7) is 3.81. The van der Waals surface area contributed by atoms with Crippen molar-refractivity contribution >= 4 is 37.8 Å². The van der Waals surface area contributed by atoms with Gasteiger partial charge in [0.15, 0.2) is 0 Å². The van der Waals surface area contributed by atoms with Gasteiger partial charge in [0.2, 0.25) is 0 Å². The largest absolute Gasteiger partial charge is 0.337 e. The summed E-state index contributed by atoms with van der Waals surface area (Å²) in [5, 5.41) is 0. The number of pyridine rings is 1. The summed E-state index contributed by atoms with van der Waals surface area (Å²) in [6, 6.07) is 1.82. The molecule has 1 aromatic rings. The average Bonchev–Trinajstić information content (AvgIpc) is 2.32. The number of rotatable bonds is 1. The molecular weight excluding hydrogens is 348 g/mol. The Kier molecular flexibility index (Phi) is 4.20. The van der Waals surface area contributed by atoms with Gasteiger partial charge in [-0.2, -0.15) is 0 Å². The van der Waals surface area contributed by atoms with Crippen molar-refractivity contribution in [3.05, 3.63) is 28.5 Å². The number of piperidine rings is 1. The topological polar surface area (TPSA) is 33.2 Å². The smallest absolute Gasteiger partial charge is 0.255 e. The van der Waals surface area contributed by atoms with Crippen molar-refractivity contribution in [2.75, 3.05) is 13.1 Å². The number of nitrogens with zero attached hydrogens (tertiary/aromatic N) is 2. The highest BCUT2D eigenvalue weighted by atomic mass is 79.9. The van der Waals surface area contributed by atoms with Gasteiger partial charge in [-0.1, -0.05) is 22.9 Å². The number of aromatic nitrogens is 1. The molecule has 0 radical (unpaired) electrons. The van der Waals surface area contributed by atoms with Crippen molar-refractivity contribution in [2.24, 2.45) is 5.92 Å². The Morgan fingerprint density at radius 1 is 1.53 bits per heavy atom. The third-order valence-electron chi connectivity index (χ3n) is 3.11. The van der Waals surface area contributed by atoms with E-state index in [1.165, 1.54) is 0 Å². The van der Waals surface area contributed by atoms with Crippen LogP contribution in [0.2, 0.25) is 0 Å². The Bertz CT molecular complexity index is 425. The maximum absolute atomic E-state index is 12.2. The van der Waals surface area contributed by atoms with Crippen LogP contribution in [0.5, 0.6) is 0 Å². The summed E-state index contributed by atoms with van der Waals surface area (Å²) in [6.07, 6.45) is 4.35. The maximum atomic E-state index is 12.2. The maximum Gasteiger partial charge on any atom is 0.255 e. The summed E-state index contributed by atoms with van der Waals surface area (Å²) >= 11 is 6.96. The van der Waals surface area contributed by atoms with Gasteiger partial charge in [-0.3, -0.25) is 9.78 Å². The number of alkyl halides is 1. The highest BCUT2D eigenvalue weighted by Gasteiger charge is 2.27. The highest BCUT2D eigenvalue weighted by Crippen LogP contribution is 2.24. The molecule has 1 aliphatic rings. The molecule has 0 saturated carbocycles. The van der Waals surface area contributed by atoms with Crippen molar-refractivity contribution in [3.63, 3.8) is 0 Å². The summed E-state index contributed by atoms with van der Waals surface area (Å²) in [4.78, 5) is 18.6. The van der Waals surface area contributed by atoms with Gasteiger partial charge in [-0.25, -0.2) is 0 Å². The minimum atomic E-state index is 0.0650. The molecule has 1 fully saturated rings. The van der Waals surface area contributed by atoms with Crippen LogP contribution in [-0.2, 0) is 0 Å². The predicted molar refractivity (Wildman–Crippen MR) is 74.3 cm³/mol. The highest BCUT2D eigenvalue weighted by molar-refractivity contribution is 9.10. The molecule has 0 bridgehead atoms. The quantitative estimate of drug-likeness (QED) is 0.720. The Morgan fingerprint density at radius 2 is 2.29 bits per heavy atom. The molecule has 0 spiro atoms. The first kappa shape index (κ1) is 13.0. The molecule has 17 heavy (non-hydrogen) atoms. The van der Waals surface area contributed by atoms with E-state index in [4.69, 9.17) is 0 Å². The van der Waals surface area contributed by atoms with E-state index in [0.717, 1.165) is 24.0 Å². The zero-order valence-corrected chi connectivity index (χ0v) is 12.7. The van der Waals surface area contributed by atoms with E-state index in [0.29, 0.717) is 16.3 Å². The molecule has 0 aromatic carbocycles. The molecular formula is C12H14Br2N2O. The number of likely N-dealkylation sites (tertiary alicyclic amines) is 1. The SMILES string of the molecule is CC1CCN(C(=O)c2cncc(Br)c2)CC1Br. The fourth-order valence-corrected chi connectivity index (χ4v) is 2.90. The standard InChI is InChI=1S/C12H14Br2N2O/c1-8-2-3-16(7-11(8)14)12(17)9-4-10(13)6-15-5-9/h4-6,8,11H,2-3,7H2,1H3. The first-order chi connectivity index (χ1) is 8.08. The Hall–Kier alpha value is -0.420. The monoisotopic (exact) mass is 360 g/mol. The molecule has 0 aliphatic carbocycles. The van der Waals surface area contributed by atoms with Gasteiger partial charge in [0.25, 0.3) is 5.91 Å². The molecule has 1 amide bonds. The van der Waals surface area contributed by atoms with Gasteiger partial charge < -0.3 is 4.90 Å². The van der Waals surface area contributed by atoms with Crippen molar-refractivity contribution in [2.45, 2.75) is 18.2 Å². The van der Waals surface area contributed by atoms with E-state index in [-0.39, 0.29) is 5.91 Å². The van der Waals surface area contributed by atoms with Gasteiger partial charge in [0.05, 0.1) is 5.56 Å². The van der Waals surface area contributed by atoms with Gasteiger partial charge in [0, 0.05) is 34.8 Å². The van der Waals surface area contributed by atoms with Crippen molar-refractivity contribution in [1.82, 2.24) is 9.88 Å². The van der Waals surface area contributed by atoms with Crippen LogP contribution in [-0.4, -0.2) is 33.7 Å². The lowest BCUT2D eigenvalue weighted by Gasteiger charge is -2.34. The fraction of sp³-hybridized carbons (Fsp3) is 0.500. The molecule has 0 N–H and O–H groups in total. The van der Waals surface area contributed by atoms with Crippen LogP contribution in [0.4, 0.5) is 0 Å². The van der Waals surface area contributed by atoms with Crippen LogP contribution in [0.25, 0.3) is 0 Å². The van der Waals surface area contributed by atoms with E-state index in [1.807, 2.05) is 11.0 Å². The zero-order chi connectivity index (χ0) is 12.4. The van der Waals surface area contributed by atoms with Gasteiger partial charge in [-0.05, 0) is 34.3 Å². The van der Waals surface area contributed by atoms with Crippen molar-refractivity contribution in [1.29, 1.82) is 0 Å². The molecule has 2 rings (SSSR count). The Morgan fingerprint density at radius 3 is 2.94 bits per heavy atom. The lowest BCUT2D eigenvalue weighted by Crippen LogP contribution is -2.43. The number of amides is 1. The molecule has 1 saturated heterocycles. The molecule has 5 heteroatoms. The fourth-order valence-electron chi connectivity index (χ4n) is 1.92. The number of halogens is 2. The minimum Gasteiger partial charge on any atom is -0.337 e. The third kappa shape index (κ3) is 3.07. The minimum absolute atomic E-state index is 0.0650. The van der Waals surface area contributed by atoms with Gasteiger partial charge in [-0.15, -0.1) is 0 Å². The molecule has 2 atom stereocenters. The number of hydrogen-bond donors (Lipinski definition) is 0. The number of hydrogen-bond acceptors (Lipinski definition) is 2. The summed E-state index contributed by atoms with van der Waals surface area (Å²) < 4.78 is 0.837. The summed E-state index contributed by atoms with van der Waals surface area (Å²) in [5.41, 5.74) is 0.647. The Balaban J connectivity index is 2.10. The lowest BCUT2D eigenvalue weighted by molar-refractivity contribution is 0.0705. The van der Waals surface area contributed by atoms with Crippen LogP contribution in [0.15, 0.2) is 22.9 Å². The van der Waals surface area contributed by atoms with Gasteiger partial charge >= 0.3 is 0 Å². The van der Waals surface area contributed by atoms with E-state index < -0.39 is 0 Å². The second-order valence-electron chi connectivity index (χ2n) is 4.42. The lowest BCUT2D eigenvalue weighted by atomic mass is 9.98. The van der Waals surface area contributed by atoms with Crippen molar-refractivity contribution < 1.29 is 4.79 Å². The van der Waals surface area contributed by atoms with E-state index in [9.17, 15) is 4.79 Å². The van der Waals surface area contributed by atoms with E-state index in [1.54, 1.807) is 12.4 Å². The number of carbonyl (C=O) groups is 1. The molecule has 1 aromatic heterocycles. The first-order valence-corrected chi connectivity index (χ1v) is 7.32. The second kappa shape index (κ2) is 5.48. The molecule has 3 nitrogen and oxygen atoms in total. The normalized spacial score (nSPS) is 24.8. The summed E-state index contributed by atoms with van der Waals surface area (Å²) in [5.74, 6) is 0.690. The van der Waals surface area contributed by atoms with Crippen LogP contribution < -0.4 is 0 Å². The second-order valence-corrected chi connectivity index (χ2v) is 6.52. The third-order valence-corrected chi connectivity index (χ3v) is 4.73. The van der Waals surface area contributed by atoms with Crippen LogP contribution in [0.1, 0.15) is 23.7 Å². The van der Waals surface area contributed by atoms with Gasteiger partial charge in [0.1, 0.15) is 0 Å². The molecule has 92 valence electrons. The first-order valence-electron chi connectivity index (χ1n) is 5.62.